The highest BCUT2D eigenvalue weighted by Crippen LogP contribution is 2.24. The van der Waals surface area contributed by atoms with Gasteiger partial charge in [0.15, 0.2) is 5.78 Å². The second-order valence-electron chi connectivity index (χ2n) is 5.04. The SMILES string of the molecule is O=C(CSc1nnc(Cn2ccc(=O)[nH]c2=O)o1)c1ccc(Cl)cc1Cl. The number of hydrogen-bond donors (Lipinski definition) is 1. The van der Waals surface area contributed by atoms with Gasteiger partial charge in [0.2, 0.25) is 5.89 Å². The van der Waals surface area contributed by atoms with Crippen molar-refractivity contribution in [1.29, 1.82) is 0 Å². The predicted molar refractivity (Wildman–Crippen MR) is 96.2 cm³/mol. The van der Waals surface area contributed by atoms with E-state index in [1.165, 1.54) is 22.9 Å². The zero-order chi connectivity index (χ0) is 18.7. The second kappa shape index (κ2) is 7.90. The molecule has 1 N–H and O–H groups in total. The van der Waals surface area contributed by atoms with Crippen molar-refractivity contribution in [3.8, 4) is 0 Å². The Kier molecular flexibility index (Phi) is 5.60. The number of aromatic amines is 1. The van der Waals surface area contributed by atoms with Crippen molar-refractivity contribution in [2.45, 2.75) is 11.8 Å². The first-order valence-electron chi connectivity index (χ1n) is 7.15. The van der Waals surface area contributed by atoms with E-state index in [4.69, 9.17) is 27.6 Å². The molecule has 134 valence electrons. The molecule has 0 spiro atoms. The highest BCUT2D eigenvalue weighted by molar-refractivity contribution is 7.99. The summed E-state index contributed by atoms with van der Waals surface area (Å²) in [6.45, 7) is 0.000131. The lowest BCUT2D eigenvalue weighted by Gasteiger charge is -2.02. The third kappa shape index (κ3) is 4.43. The van der Waals surface area contributed by atoms with Gasteiger partial charge in [-0.1, -0.05) is 35.0 Å². The van der Waals surface area contributed by atoms with E-state index < -0.39 is 11.2 Å². The van der Waals surface area contributed by atoms with Crippen molar-refractivity contribution in [2.75, 3.05) is 5.75 Å². The number of nitrogens with zero attached hydrogens (tertiary/aromatic N) is 3. The standard InChI is InChI=1S/C15H10Cl2N4O4S/c16-8-1-2-9(10(17)5-8)11(22)7-26-15-20-19-13(25-15)6-21-4-3-12(23)18-14(21)24/h1-5H,6-7H2,(H,18,23,24). The lowest BCUT2D eigenvalue weighted by molar-refractivity contribution is 0.102. The molecule has 11 heteroatoms. The summed E-state index contributed by atoms with van der Waals surface area (Å²) in [5, 5.41) is 8.51. The van der Waals surface area contributed by atoms with Crippen molar-refractivity contribution >= 4 is 40.7 Å². The number of ketones is 1. The normalized spacial score (nSPS) is 10.8. The zero-order valence-electron chi connectivity index (χ0n) is 12.9. The van der Waals surface area contributed by atoms with Crippen molar-refractivity contribution in [3.63, 3.8) is 0 Å². The molecule has 26 heavy (non-hydrogen) atoms. The quantitative estimate of drug-likeness (QED) is 0.487. The first-order valence-corrected chi connectivity index (χ1v) is 8.90. The molecule has 0 aliphatic rings. The van der Waals surface area contributed by atoms with E-state index in [1.54, 1.807) is 12.1 Å². The molecule has 2 heterocycles. The van der Waals surface area contributed by atoms with Crippen molar-refractivity contribution < 1.29 is 9.21 Å². The Balaban J connectivity index is 1.64. The van der Waals surface area contributed by atoms with Crippen LogP contribution in [-0.4, -0.2) is 31.3 Å². The van der Waals surface area contributed by atoms with Gasteiger partial charge in [0.25, 0.3) is 10.8 Å². The van der Waals surface area contributed by atoms with E-state index in [2.05, 4.69) is 15.2 Å². The average molecular weight is 413 g/mol. The molecule has 0 aliphatic heterocycles. The fraction of sp³-hybridized carbons (Fsp3) is 0.133. The molecule has 3 rings (SSSR count). The Morgan fingerprint density at radius 1 is 1.23 bits per heavy atom. The average Bonchev–Trinajstić information content (AvgIpc) is 3.03. The molecule has 0 saturated carbocycles. The first kappa shape index (κ1) is 18.4. The van der Waals surface area contributed by atoms with Gasteiger partial charge in [-0.05, 0) is 18.2 Å². The van der Waals surface area contributed by atoms with Gasteiger partial charge in [0.1, 0.15) is 6.54 Å². The van der Waals surface area contributed by atoms with E-state index in [-0.39, 0.29) is 34.2 Å². The van der Waals surface area contributed by atoms with Crippen LogP contribution in [0.15, 0.2) is 49.7 Å². The van der Waals surface area contributed by atoms with Crippen LogP contribution in [0.2, 0.25) is 10.0 Å². The van der Waals surface area contributed by atoms with Crippen molar-refractivity contribution in [2.24, 2.45) is 0 Å². The molecule has 0 bridgehead atoms. The number of thioether (sulfide) groups is 1. The molecule has 2 aromatic heterocycles. The summed E-state index contributed by atoms with van der Waals surface area (Å²) in [4.78, 5) is 37.0. The van der Waals surface area contributed by atoms with E-state index >= 15 is 0 Å². The van der Waals surface area contributed by atoms with Gasteiger partial charge in [-0.25, -0.2) is 4.79 Å². The van der Waals surface area contributed by atoms with Gasteiger partial charge in [-0.3, -0.25) is 19.1 Å². The van der Waals surface area contributed by atoms with Crippen LogP contribution in [0.3, 0.4) is 0 Å². The summed E-state index contributed by atoms with van der Waals surface area (Å²) in [6.07, 6.45) is 1.32. The maximum atomic E-state index is 12.2. The third-order valence-corrected chi connectivity index (χ3v) is 4.58. The monoisotopic (exact) mass is 412 g/mol. The van der Waals surface area contributed by atoms with E-state index in [9.17, 15) is 14.4 Å². The van der Waals surface area contributed by atoms with Crippen LogP contribution in [0.4, 0.5) is 0 Å². The van der Waals surface area contributed by atoms with Crippen LogP contribution in [0.1, 0.15) is 16.2 Å². The molecule has 3 aromatic rings. The number of hydrogen-bond acceptors (Lipinski definition) is 7. The van der Waals surface area contributed by atoms with Gasteiger partial charge in [0, 0.05) is 22.8 Å². The lowest BCUT2D eigenvalue weighted by atomic mass is 10.1. The highest BCUT2D eigenvalue weighted by Gasteiger charge is 2.14. The minimum Gasteiger partial charge on any atom is -0.414 e. The molecule has 1 aromatic carbocycles. The largest absolute Gasteiger partial charge is 0.414 e. The van der Waals surface area contributed by atoms with E-state index in [0.717, 1.165) is 11.8 Å². The molecule has 0 saturated heterocycles. The summed E-state index contributed by atoms with van der Waals surface area (Å²) in [7, 11) is 0. The number of carbonyl (C=O) groups excluding carboxylic acids is 1. The number of aromatic nitrogens is 4. The topological polar surface area (TPSA) is 111 Å². The number of Topliss-reactive ketones (excluding diaryl/α,β-unsaturated/α-hetero) is 1. The van der Waals surface area contributed by atoms with Crippen LogP contribution in [0.5, 0.6) is 0 Å². The number of H-pyrrole nitrogens is 1. The Morgan fingerprint density at radius 2 is 2.04 bits per heavy atom. The van der Waals surface area contributed by atoms with Crippen LogP contribution < -0.4 is 11.2 Å². The fourth-order valence-corrected chi connectivity index (χ4v) is 3.17. The molecule has 0 fully saturated rings. The van der Waals surface area contributed by atoms with Crippen LogP contribution >= 0.6 is 35.0 Å². The van der Waals surface area contributed by atoms with E-state index in [0.29, 0.717) is 10.6 Å². The van der Waals surface area contributed by atoms with Crippen LogP contribution in [-0.2, 0) is 6.54 Å². The first-order chi connectivity index (χ1) is 12.4. The predicted octanol–water partition coefficient (Wildman–Crippen LogP) is 2.25. The summed E-state index contributed by atoms with van der Waals surface area (Å²) < 4.78 is 6.60. The molecule has 0 aliphatic carbocycles. The van der Waals surface area contributed by atoms with Crippen molar-refractivity contribution in [1.82, 2.24) is 19.7 Å². The zero-order valence-corrected chi connectivity index (χ0v) is 15.3. The second-order valence-corrected chi connectivity index (χ2v) is 6.81. The molecule has 0 amide bonds. The van der Waals surface area contributed by atoms with Crippen LogP contribution in [0.25, 0.3) is 0 Å². The number of benzene rings is 1. The van der Waals surface area contributed by atoms with Crippen molar-refractivity contribution in [3.05, 3.63) is 72.8 Å². The number of rotatable bonds is 6. The van der Waals surface area contributed by atoms with Gasteiger partial charge < -0.3 is 4.42 Å². The minimum atomic E-state index is -0.586. The Hall–Kier alpha value is -2.36. The molecule has 0 atom stereocenters. The maximum Gasteiger partial charge on any atom is 0.328 e. The van der Waals surface area contributed by atoms with Gasteiger partial charge >= 0.3 is 5.69 Å². The maximum absolute atomic E-state index is 12.2. The Morgan fingerprint density at radius 3 is 2.77 bits per heavy atom. The minimum absolute atomic E-state index is 0.000131. The fourth-order valence-electron chi connectivity index (χ4n) is 2.00. The van der Waals surface area contributed by atoms with Gasteiger partial charge in [-0.2, -0.15) is 0 Å². The summed E-state index contributed by atoms with van der Waals surface area (Å²) in [5.41, 5.74) is -0.729. The molecule has 0 unspecified atom stereocenters. The molecule has 0 radical (unpaired) electrons. The molecule has 8 nitrogen and oxygen atoms in total. The Labute approximate surface area is 160 Å². The van der Waals surface area contributed by atoms with Gasteiger partial charge in [0.05, 0.1) is 10.8 Å². The van der Waals surface area contributed by atoms with E-state index in [1.807, 2.05) is 0 Å². The number of carbonyl (C=O) groups is 1. The molecular formula is C15H10Cl2N4O4S. The highest BCUT2D eigenvalue weighted by atomic mass is 35.5. The smallest absolute Gasteiger partial charge is 0.328 e. The van der Waals surface area contributed by atoms with Gasteiger partial charge in [-0.15, -0.1) is 10.2 Å². The number of halogens is 2. The third-order valence-electron chi connectivity index (χ3n) is 3.21. The Bertz CT molecular complexity index is 1080. The number of nitrogens with one attached hydrogen (secondary N) is 1. The summed E-state index contributed by atoms with van der Waals surface area (Å²) in [5.74, 6) is -0.00593. The summed E-state index contributed by atoms with van der Waals surface area (Å²) in [6, 6.07) is 5.84. The van der Waals surface area contributed by atoms with Crippen LogP contribution in [0, 0.1) is 0 Å². The molecular weight excluding hydrogens is 403 g/mol. The lowest BCUT2D eigenvalue weighted by Crippen LogP contribution is -2.28. The summed E-state index contributed by atoms with van der Waals surface area (Å²) >= 11 is 12.9.